The largest absolute Gasteiger partial charge is 0.310 e. The average molecular weight is 628 g/mol. The Morgan fingerprint density at radius 3 is 2.27 bits per heavy atom. The van der Waals surface area contributed by atoms with E-state index in [2.05, 4.69) is 148 Å². The van der Waals surface area contributed by atoms with Crippen LogP contribution in [-0.2, 0) is 16.2 Å². The predicted octanol–water partition coefficient (Wildman–Crippen LogP) is 12.3. The Balaban J connectivity index is 1.24. The van der Waals surface area contributed by atoms with E-state index in [1.807, 2.05) is 0 Å². The molecule has 4 bridgehead atoms. The number of allylic oxidation sites excluding steroid dienone is 4. The van der Waals surface area contributed by atoms with Gasteiger partial charge in [-0.25, -0.2) is 0 Å². The molecule has 1 heteroatoms. The molecule has 4 aromatic rings. The first-order valence-electron chi connectivity index (χ1n) is 18.9. The zero-order valence-corrected chi connectivity index (χ0v) is 29.1. The van der Waals surface area contributed by atoms with Crippen LogP contribution in [0.15, 0.2) is 115 Å². The van der Waals surface area contributed by atoms with Gasteiger partial charge in [-0.2, -0.15) is 0 Å². The van der Waals surface area contributed by atoms with Crippen molar-refractivity contribution in [1.82, 2.24) is 0 Å². The summed E-state index contributed by atoms with van der Waals surface area (Å²) in [7, 11) is 0. The van der Waals surface area contributed by atoms with Crippen molar-refractivity contribution in [3.05, 3.63) is 138 Å². The predicted molar refractivity (Wildman–Crippen MR) is 200 cm³/mol. The van der Waals surface area contributed by atoms with Crippen molar-refractivity contribution < 1.29 is 0 Å². The molecule has 242 valence electrons. The smallest absolute Gasteiger partial charge is 0.0540 e. The number of rotatable bonds is 4. The molecule has 0 N–H and O–H groups in total. The molecule has 48 heavy (non-hydrogen) atoms. The Hall–Kier alpha value is -3.84. The number of hydrogen-bond acceptors (Lipinski definition) is 1. The van der Waals surface area contributed by atoms with E-state index in [1.165, 1.54) is 77.8 Å². The highest BCUT2D eigenvalue weighted by molar-refractivity contribution is 5.90. The van der Waals surface area contributed by atoms with Crippen LogP contribution in [0.1, 0.15) is 94.4 Å². The van der Waals surface area contributed by atoms with Gasteiger partial charge in [0.05, 0.1) is 11.4 Å². The molecule has 0 amide bonds. The van der Waals surface area contributed by atoms with Gasteiger partial charge < -0.3 is 4.90 Å². The summed E-state index contributed by atoms with van der Waals surface area (Å²) in [6.45, 7) is 9.88. The summed E-state index contributed by atoms with van der Waals surface area (Å²) in [5.74, 6) is 4.63. The number of hydrogen-bond donors (Lipinski definition) is 0. The quantitative estimate of drug-likeness (QED) is 0.218. The van der Waals surface area contributed by atoms with Gasteiger partial charge in [-0.3, -0.25) is 0 Å². The summed E-state index contributed by atoms with van der Waals surface area (Å²) in [6, 6.07) is 35.1. The summed E-state index contributed by atoms with van der Waals surface area (Å²) in [5, 5.41) is 0. The van der Waals surface area contributed by atoms with Crippen LogP contribution >= 0.6 is 0 Å². The Morgan fingerprint density at radius 2 is 1.42 bits per heavy atom. The number of anilines is 3. The van der Waals surface area contributed by atoms with Gasteiger partial charge in [0.1, 0.15) is 0 Å². The Bertz CT molecular complexity index is 1990. The molecule has 0 heterocycles. The summed E-state index contributed by atoms with van der Waals surface area (Å²) in [4.78, 5) is 2.68. The molecule has 7 unspecified atom stereocenters. The molecule has 1 nitrogen and oxygen atoms in total. The third-order valence-electron chi connectivity index (χ3n) is 14.4. The van der Waals surface area contributed by atoms with Crippen molar-refractivity contribution in [2.75, 3.05) is 4.90 Å². The number of fused-ring (bicyclic) bond motifs is 4. The molecule has 4 aromatic carbocycles. The minimum absolute atomic E-state index is 0.0767. The van der Waals surface area contributed by atoms with E-state index in [0.29, 0.717) is 11.8 Å². The Morgan fingerprint density at radius 1 is 0.646 bits per heavy atom. The highest BCUT2D eigenvalue weighted by Gasteiger charge is 2.68. The van der Waals surface area contributed by atoms with Crippen molar-refractivity contribution in [3.63, 3.8) is 0 Å². The minimum Gasteiger partial charge on any atom is -0.310 e. The fraction of sp³-hybridized carbons (Fsp3) is 0.404. The van der Waals surface area contributed by atoms with E-state index in [9.17, 15) is 0 Å². The van der Waals surface area contributed by atoms with Crippen LogP contribution in [0.3, 0.4) is 0 Å². The Kier molecular flexibility index (Phi) is 6.12. The van der Waals surface area contributed by atoms with Gasteiger partial charge in [0.15, 0.2) is 0 Å². The van der Waals surface area contributed by atoms with E-state index in [0.717, 1.165) is 23.7 Å². The van der Waals surface area contributed by atoms with Crippen LogP contribution < -0.4 is 4.90 Å². The molecule has 0 saturated heterocycles. The average Bonchev–Trinajstić information content (AvgIpc) is 3.65. The van der Waals surface area contributed by atoms with Crippen LogP contribution in [0.25, 0.3) is 11.1 Å². The van der Waals surface area contributed by atoms with Gasteiger partial charge in [-0.05, 0) is 131 Å². The lowest BCUT2D eigenvalue weighted by molar-refractivity contribution is 0.114. The monoisotopic (exact) mass is 627 g/mol. The molecule has 7 atom stereocenters. The molecule has 4 saturated carbocycles. The van der Waals surface area contributed by atoms with Crippen LogP contribution in [0.5, 0.6) is 0 Å². The van der Waals surface area contributed by atoms with Gasteiger partial charge in [0, 0.05) is 22.6 Å². The lowest BCUT2D eigenvalue weighted by Crippen LogP contribution is -2.44. The van der Waals surface area contributed by atoms with Crippen molar-refractivity contribution in [2.24, 2.45) is 29.6 Å². The van der Waals surface area contributed by atoms with E-state index in [4.69, 9.17) is 0 Å². The molecule has 11 rings (SSSR count). The first kappa shape index (κ1) is 29.1. The second kappa shape index (κ2) is 10.1. The second-order valence-electron chi connectivity index (χ2n) is 17.6. The first-order valence-corrected chi connectivity index (χ1v) is 18.9. The summed E-state index contributed by atoms with van der Waals surface area (Å²) >= 11 is 0. The maximum absolute atomic E-state index is 2.71. The molecule has 0 radical (unpaired) electrons. The number of benzene rings is 4. The van der Waals surface area contributed by atoms with E-state index in [-0.39, 0.29) is 16.2 Å². The zero-order chi connectivity index (χ0) is 32.4. The molecule has 7 aliphatic rings. The highest BCUT2D eigenvalue weighted by Crippen LogP contribution is 2.74. The third kappa shape index (κ3) is 3.85. The normalized spacial score (nSPS) is 32.3. The standard InChI is InChI=1S/C47H49N/c1-45(2)23-24-46(3,4)44-39(45)18-12-20-43(44)48(42-19-11-9-15-35(42)31-13-6-5-7-14-31)34-21-22-37-36-16-8-10-17-38(36)47(41(37)29-34)33-26-30-25-32(28-33)40(47)27-30/h5-22,29-30,32-33,36,38,40H,23-28H2,1-4H3. The van der Waals surface area contributed by atoms with Crippen LogP contribution in [0.4, 0.5) is 17.1 Å². The van der Waals surface area contributed by atoms with E-state index >= 15 is 0 Å². The zero-order valence-electron chi connectivity index (χ0n) is 29.1. The SMILES string of the molecule is CC1(C)CCC(C)(C)c2c(N(c3ccc4c(c3)C3(C5CC6CC(C5)C3C6)C3C=CC=CC43)c3ccccc3-c3ccccc3)cccc21. The fourth-order valence-electron chi connectivity index (χ4n) is 12.5. The van der Waals surface area contributed by atoms with Crippen molar-refractivity contribution in [1.29, 1.82) is 0 Å². The maximum Gasteiger partial charge on any atom is 0.0540 e. The lowest BCUT2D eigenvalue weighted by atomic mass is 9.56. The van der Waals surface area contributed by atoms with Gasteiger partial charge in [0.25, 0.3) is 0 Å². The highest BCUT2D eigenvalue weighted by atomic mass is 15.1. The maximum atomic E-state index is 2.71. The molecule has 7 aliphatic carbocycles. The molecule has 1 spiro atoms. The fourth-order valence-corrected chi connectivity index (χ4v) is 12.5. The number of para-hydroxylation sites is 1. The van der Waals surface area contributed by atoms with E-state index in [1.54, 1.807) is 11.1 Å². The molecular formula is C47H49N. The molecule has 4 fully saturated rings. The Labute approximate surface area is 287 Å². The second-order valence-corrected chi connectivity index (χ2v) is 17.6. The van der Waals surface area contributed by atoms with Gasteiger partial charge in [-0.15, -0.1) is 0 Å². The van der Waals surface area contributed by atoms with Crippen molar-refractivity contribution >= 4 is 17.1 Å². The molecule has 0 aromatic heterocycles. The van der Waals surface area contributed by atoms with Gasteiger partial charge in [0.2, 0.25) is 0 Å². The first-order chi connectivity index (χ1) is 23.3. The van der Waals surface area contributed by atoms with E-state index < -0.39 is 0 Å². The lowest BCUT2D eigenvalue weighted by Gasteiger charge is -2.47. The minimum atomic E-state index is 0.0767. The summed E-state index contributed by atoms with van der Waals surface area (Å²) in [6.07, 6.45) is 18.1. The third-order valence-corrected chi connectivity index (χ3v) is 14.4. The molecular weight excluding hydrogens is 579 g/mol. The topological polar surface area (TPSA) is 3.24 Å². The summed E-state index contributed by atoms with van der Waals surface area (Å²) < 4.78 is 0. The number of nitrogens with zero attached hydrogens (tertiary/aromatic N) is 1. The van der Waals surface area contributed by atoms with Crippen molar-refractivity contribution in [2.45, 2.75) is 88.4 Å². The van der Waals surface area contributed by atoms with Crippen molar-refractivity contribution in [3.8, 4) is 11.1 Å². The van der Waals surface area contributed by atoms with Crippen LogP contribution in [0.2, 0.25) is 0 Å². The van der Waals surface area contributed by atoms with Gasteiger partial charge >= 0.3 is 0 Å². The van der Waals surface area contributed by atoms with Crippen LogP contribution in [0, 0.1) is 29.6 Å². The summed E-state index contributed by atoms with van der Waals surface area (Å²) in [5.41, 5.74) is 13.3. The van der Waals surface area contributed by atoms with Crippen LogP contribution in [-0.4, -0.2) is 0 Å². The molecule has 0 aliphatic heterocycles. The van der Waals surface area contributed by atoms with Gasteiger partial charge in [-0.1, -0.05) is 119 Å².